The molecule has 0 aliphatic carbocycles. The fourth-order valence-electron chi connectivity index (χ4n) is 3.77. The Morgan fingerprint density at radius 3 is 1.30 bits per heavy atom. The number of carbonyl (C=O) groups is 7. The third-order valence-electron chi connectivity index (χ3n) is 7.01. The minimum atomic E-state index is -3.19. The largest absolute Gasteiger partial charge is 0.508 e. The maximum Gasteiger partial charge on any atom is 0.508 e. The summed E-state index contributed by atoms with van der Waals surface area (Å²) in [6, 6.07) is 0. The van der Waals surface area contributed by atoms with E-state index in [0.29, 0.717) is 63.1 Å². The summed E-state index contributed by atoms with van der Waals surface area (Å²) in [6.45, 7) is 36.3. The summed E-state index contributed by atoms with van der Waals surface area (Å²) in [7, 11) is -5.01. The molecule has 0 aliphatic heterocycles. The van der Waals surface area contributed by atoms with Crippen LogP contribution in [0.3, 0.4) is 0 Å². The van der Waals surface area contributed by atoms with Crippen LogP contribution in [0.25, 0.3) is 0 Å². The van der Waals surface area contributed by atoms with Gasteiger partial charge in [-0.2, -0.15) is 8.42 Å². The maximum absolute atomic E-state index is 11.5. The van der Waals surface area contributed by atoms with Crippen molar-refractivity contribution in [3.05, 3.63) is 18.7 Å². The number of Topliss-reactive ketones (excluding diaryl/α,β-unsaturated/α-hetero) is 1. The zero-order valence-corrected chi connectivity index (χ0v) is 70.8. The summed E-state index contributed by atoms with van der Waals surface area (Å²) < 4.78 is 81.3. The molecule has 0 saturated heterocycles. The topological polar surface area (TPSA) is 343 Å². The van der Waals surface area contributed by atoms with Crippen molar-refractivity contribution in [3.8, 4) is 0 Å². The number of imidazole rings is 1. The molecule has 22 nitrogen and oxygen atoms in total. The van der Waals surface area contributed by atoms with Gasteiger partial charge < -0.3 is 30.2 Å². The summed E-state index contributed by atoms with van der Waals surface area (Å²) in [5.41, 5.74) is 4.38. The zero-order valence-electron chi connectivity index (χ0n) is 57.2. The number of halogens is 2. The number of rotatable bonds is 26. The number of nitrogens with zero attached hydrogens (tertiary/aromatic N) is 2. The second-order valence-electron chi connectivity index (χ2n) is 18.4. The minimum Gasteiger partial charge on any atom is -0.453 e. The molecule has 4 N–H and O–H groups in total. The van der Waals surface area contributed by atoms with Gasteiger partial charge in [-0.3, -0.25) is 28.2 Å². The SMILES string of the molecule is CC(=O)S.CC(=O)SCCN.CC(C)COC(=O)Cl.CCCC(=O)CC(C)C.CCCCCS(=O)(=O)n1ccnc1.CCCCCSC(C)=O.CCCO.CCCOS(C)(=O)=O.CCCSC(C)=O.CCO.CCOC(=O)OCC(C)C.CS(=O)(=O)Cl.[Cs]. The van der Waals surface area contributed by atoms with Gasteiger partial charge in [-0.1, -0.05) is 144 Å². The number of thiol groups is 1. The predicted octanol–water partition coefficient (Wildman–Crippen LogP) is 12.9. The number of nitrogens with two attached hydrogens (primary N) is 1. The van der Waals surface area contributed by atoms with Gasteiger partial charge in [0.25, 0.3) is 10.1 Å². The summed E-state index contributed by atoms with van der Waals surface area (Å²) in [5.74, 6) is 4.59. The molecule has 1 aromatic heterocycles. The van der Waals surface area contributed by atoms with Crippen molar-refractivity contribution in [2.75, 3.05) is 81.7 Å². The number of unbranched alkanes of at least 4 members (excludes halogenated alkanes) is 4. The van der Waals surface area contributed by atoms with Crippen LogP contribution in [0.1, 0.15) is 202 Å². The number of carbonyl (C=O) groups excluding carboxylic acids is 7. The number of aliphatic hydroxyl groups excluding tert-OH is 2. The van der Waals surface area contributed by atoms with Gasteiger partial charge >= 0.3 is 11.6 Å². The second kappa shape index (κ2) is 89.1. The quantitative estimate of drug-likeness (QED) is 0.0220. The molecule has 0 fully saturated rings. The number of ether oxygens (including phenoxy) is 3. The van der Waals surface area contributed by atoms with Crippen LogP contribution in [-0.4, -0.2) is 233 Å². The fourth-order valence-corrected chi connectivity index (χ4v) is 7.05. The summed E-state index contributed by atoms with van der Waals surface area (Å²) >= 11 is 12.3. The normalized spacial score (nSPS) is 9.69. The third-order valence-corrected chi connectivity index (χ3v) is 12.1. The number of thioether (sulfide) groups is 3. The number of ketones is 1. The van der Waals surface area contributed by atoms with E-state index in [1.807, 2.05) is 55.4 Å². The summed E-state index contributed by atoms with van der Waals surface area (Å²) in [5, 5.41) is 15.9. The van der Waals surface area contributed by atoms with Crippen LogP contribution in [0.5, 0.6) is 0 Å². The minimum absolute atomic E-state index is 0. The van der Waals surface area contributed by atoms with E-state index in [1.54, 1.807) is 34.6 Å². The van der Waals surface area contributed by atoms with Crippen molar-refractivity contribution >= 4 is 206 Å². The van der Waals surface area contributed by atoms with Crippen molar-refractivity contribution in [2.24, 2.45) is 23.5 Å². The van der Waals surface area contributed by atoms with Crippen LogP contribution in [0.4, 0.5) is 9.59 Å². The number of aliphatic hydroxyl groups is 2. The van der Waals surface area contributed by atoms with Crippen molar-refractivity contribution in [2.45, 2.75) is 202 Å². The molecule has 32 heteroatoms. The molecule has 0 spiro atoms. The Labute approximate surface area is 620 Å². The van der Waals surface area contributed by atoms with Gasteiger partial charge in [-0.25, -0.2) is 35.4 Å². The van der Waals surface area contributed by atoms with Gasteiger partial charge in [0.05, 0.1) is 44.7 Å². The summed E-state index contributed by atoms with van der Waals surface area (Å²) in [4.78, 5) is 74.9. The molecule has 0 atom stereocenters. The first kappa shape index (κ1) is 115. The average molecular weight is 1560 g/mol. The average Bonchev–Trinajstić information content (AvgIpc) is 3.95. The van der Waals surface area contributed by atoms with Crippen LogP contribution in [0.2, 0.25) is 0 Å². The fraction of sp³-hybridized carbons (Fsp3) is 0.821. The molecule has 1 heterocycles. The number of hydrogen-bond donors (Lipinski definition) is 4. The summed E-state index contributed by atoms with van der Waals surface area (Å²) in [6.07, 6.45) is 17.2. The second-order valence-corrected chi connectivity index (χ2v) is 29.9. The molecule has 0 unspecified atom stereocenters. The van der Waals surface area contributed by atoms with E-state index in [0.717, 1.165) is 87.6 Å². The molecule has 1 rings (SSSR count). The molecule has 0 bridgehead atoms. The molecular formula is C56H117Cl2CsN3O19S7. The van der Waals surface area contributed by atoms with E-state index in [2.05, 4.69) is 74.4 Å². The standard InChI is InChI=1S/C8H14N2O2S.C8H16O.C7H14O3.C7H14OS.C5H9ClO2.C5H10OS.C4H9NOS.C4H10O3S.C3H8O.C2H4OS.C2H6O.CH3ClO2S.Cs/c1-2-3-4-7-13(11,12)10-6-5-9-8-10;1-4-5-8(9)6-7(2)3;1-4-9-7(8)10-5-6(2)3;1-3-4-5-6-9-7(2)8;1-4(2)3-8-5(6)7;1-3-4-7-5(2)6;1-4(6)7-3-2-5;1-3-4-7-8(2,5)6;1-2-3-4;1-2(3)4;1-2-3;1-5(2,3)4;/h5-6,8H,2-4,7H2,1H3;7H,4-6H2,1-3H3;6H,4-5H2,1-3H3;3-6H2,1-2H3;4H,3H2,1-2H3;3-4H2,1-2H3;2-3,5H2,1H3;3-4H2,1-2H3;4H,2-3H2,1H3;1H3,(H,3,4);3H,2H2,1H3;1H3;. The molecule has 1 aromatic rings. The van der Waals surface area contributed by atoms with E-state index in [9.17, 15) is 58.8 Å². The smallest absolute Gasteiger partial charge is 0.453 e. The molecule has 88 heavy (non-hydrogen) atoms. The van der Waals surface area contributed by atoms with Gasteiger partial charge in [0.15, 0.2) is 20.5 Å². The first-order valence-electron chi connectivity index (χ1n) is 28.7. The van der Waals surface area contributed by atoms with Crippen LogP contribution in [-0.2, 0) is 71.6 Å². The van der Waals surface area contributed by atoms with E-state index in [1.165, 1.54) is 84.2 Å². The van der Waals surface area contributed by atoms with Gasteiger partial charge in [-0.05, 0) is 70.1 Å². The Hall–Kier alpha value is 0.0219. The third kappa shape index (κ3) is 179. The molecule has 527 valence electrons. The van der Waals surface area contributed by atoms with Crippen molar-refractivity contribution in [1.29, 1.82) is 0 Å². The molecule has 0 saturated carbocycles. The maximum atomic E-state index is 11.5. The first-order chi connectivity index (χ1) is 40.1. The molecular weight excluding hydrogens is 1450 g/mol. The van der Waals surface area contributed by atoms with Crippen LogP contribution >= 0.6 is 70.2 Å². The Kier molecular flexibility index (Phi) is 117. The molecule has 0 amide bonds. The van der Waals surface area contributed by atoms with E-state index in [-0.39, 0.29) is 102 Å². The van der Waals surface area contributed by atoms with Gasteiger partial charge in [0, 0.05) is 181 Å². The van der Waals surface area contributed by atoms with E-state index in [4.69, 9.17) is 27.5 Å². The zero-order chi connectivity index (χ0) is 70.9. The van der Waals surface area contributed by atoms with Crippen molar-refractivity contribution in [3.63, 3.8) is 0 Å². The van der Waals surface area contributed by atoms with Crippen molar-refractivity contribution < 1.29 is 87.4 Å². The van der Waals surface area contributed by atoms with Gasteiger partial charge in [-0.15, -0.1) is 12.6 Å². The molecule has 0 aliphatic rings. The van der Waals surface area contributed by atoms with Crippen LogP contribution < -0.4 is 5.73 Å². The molecule has 1 radical (unpaired) electrons. The Balaban J connectivity index is -0.0000000728. The Morgan fingerprint density at radius 2 is 1.05 bits per heavy atom. The van der Waals surface area contributed by atoms with E-state index >= 15 is 0 Å². The predicted molar refractivity (Wildman–Crippen MR) is 376 cm³/mol. The Morgan fingerprint density at radius 1 is 0.636 bits per heavy atom. The van der Waals surface area contributed by atoms with Crippen LogP contribution in [0, 0.1) is 17.8 Å². The van der Waals surface area contributed by atoms with Gasteiger partial charge in [0.1, 0.15) is 12.1 Å². The Bertz CT molecular complexity index is 2000. The number of hydrogen-bond acceptors (Lipinski definition) is 24. The first-order valence-corrected chi connectivity index (χ1v) is 38.6. The van der Waals surface area contributed by atoms with Crippen LogP contribution in [0.15, 0.2) is 18.7 Å². The van der Waals surface area contributed by atoms with Crippen molar-refractivity contribution in [1.82, 2.24) is 8.96 Å². The van der Waals surface area contributed by atoms with E-state index < -0.39 is 40.8 Å². The molecule has 0 aromatic carbocycles. The van der Waals surface area contributed by atoms with Gasteiger partial charge in [0.2, 0.25) is 19.1 Å². The monoisotopic (exact) mass is 1560 g/mol. The number of aromatic nitrogens is 2.